The van der Waals surface area contributed by atoms with Gasteiger partial charge in [0, 0.05) is 21.1 Å². The molecule has 1 unspecified atom stereocenters. The largest absolute Gasteiger partial charge is 0.398 e. The molecule has 18 heavy (non-hydrogen) atoms. The zero-order valence-electron chi connectivity index (χ0n) is 9.90. The Labute approximate surface area is 119 Å². The van der Waals surface area contributed by atoms with E-state index >= 15 is 0 Å². The molecule has 2 rings (SSSR count). The molecular weight excluding hydrogens is 310 g/mol. The van der Waals surface area contributed by atoms with Gasteiger partial charge in [-0.3, -0.25) is 11.3 Å². The molecule has 2 aromatic rings. The number of hydrogen-bond donors (Lipinski definition) is 3. The Morgan fingerprint density at radius 1 is 1.33 bits per heavy atom. The standard InChI is InChI=1S/C13H16BrN3S/c14-9-3-5-12(15)11(8-9)13(17-16)6-4-10-2-1-7-18-10/h1-3,5,7-8,13,17H,4,6,15-16H2. The highest BCUT2D eigenvalue weighted by Gasteiger charge is 2.13. The number of nitrogens with one attached hydrogen (secondary N) is 1. The Balaban J connectivity index is 2.10. The number of aryl methyl sites for hydroxylation is 1. The molecule has 0 spiro atoms. The van der Waals surface area contributed by atoms with Crippen LogP contribution in [0, 0.1) is 0 Å². The summed E-state index contributed by atoms with van der Waals surface area (Å²) in [5, 5.41) is 2.09. The zero-order valence-corrected chi connectivity index (χ0v) is 12.3. The first-order valence-corrected chi connectivity index (χ1v) is 7.41. The van der Waals surface area contributed by atoms with Crippen LogP contribution in [0.15, 0.2) is 40.2 Å². The molecule has 5 N–H and O–H groups in total. The third-order valence-electron chi connectivity index (χ3n) is 2.88. The average Bonchev–Trinajstić information content (AvgIpc) is 2.87. The first-order chi connectivity index (χ1) is 8.70. The molecule has 0 saturated carbocycles. The second kappa shape index (κ2) is 6.33. The van der Waals surface area contributed by atoms with E-state index in [0.29, 0.717) is 0 Å². The number of hydrogen-bond acceptors (Lipinski definition) is 4. The van der Waals surface area contributed by atoms with E-state index in [1.165, 1.54) is 4.88 Å². The fourth-order valence-corrected chi connectivity index (χ4v) is 3.02. The summed E-state index contributed by atoms with van der Waals surface area (Å²) < 4.78 is 1.02. The van der Waals surface area contributed by atoms with Crippen molar-refractivity contribution in [1.29, 1.82) is 0 Å². The molecule has 3 nitrogen and oxygen atoms in total. The summed E-state index contributed by atoms with van der Waals surface area (Å²) >= 11 is 5.23. The van der Waals surface area contributed by atoms with Crippen molar-refractivity contribution < 1.29 is 0 Å². The highest BCUT2D eigenvalue weighted by molar-refractivity contribution is 9.10. The van der Waals surface area contributed by atoms with Crippen LogP contribution < -0.4 is 17.0 Å². The van der Waals surface area contributed by atoms with E-state index < -0.39 is 0 Å². The van der Waals surface area contributed by atoms with Gasteiger partial charge in [-0.05, 0) is 48.1 Å². The fourth-order valence-electron chi connectivity index (χ4n) is 1.92. The van der Waals surface area contributed by atoms with Crippen LogP contribution in [-0.2, 0) is 6.42 Å². The Morgan fingerprint density at radius 2 is 2.17 bits per heavy atom. The maximum Gasteiger partial charge on any atom is 0.0484 e. The summed E-state index contributed by atoms with van der Waals surface area (Å²) in [7, 11) is 0. The molecule has 0 radical (unpaired) electrons. The van der Waals surface area contributed by atoms with Crippen LogP contribution in [0.4, 0.5) is 5.69 Å². The topological polar surface area (TPSA) is 64.1 Å². The number of hydrazine groups is 1. The Morgan fingerprint density at radius 3 is 2.83 bits per heavy atom. The summed E-state index contributed by atoms with van der Waals surface area (Å²) in [5.41, 5.74) is 10.7. The maximum atomic E-state index is 6.00. The van der Waals surface area contributed by atoms with Crippen molar-refractivity contribution in [2.45, 2.75) is 18.9 Å². The van der Waals surface area contributed by atoms with Crippen molar-refractivity contribution in [2.24, 2.45) is 5.84 Å². The number of rotatable bonds is 5. The van der Waals surface area contributed by atoms with Crippen LogP contribution in [0.25, 0.3) is 0 Å². The van der Waals surface area contributed by atoms with Crippen LogP contribution in [0.5, 0.6) is 0 Å². The van der Waals surface area contributed by atoms with E-state index in [9.17, 15) is 0 Å². The quantitative estimate of drug-likeness (QED) is 0.449. The molecule has 0 aliphatic carbocycles. The summed E-state index contributed by atoms with van der Waals surface area (Å²) in [5.74, 6) is 5.65. The van der Waals surface area contributed by atoms with Crippen molar-refractivity contribution in [1.82, 2.24) is 5.43 Å². The van der Waals surface area contributed by atoms with Gasteiger partial charge in [-0.1, -0.05) is 22.0 Å². The number of halogens is 1. The lowest BCUT2D eigenvalue weighted by atomic mass is 10.0. The first-order valence-electron chi connectivity index (χ1n) is 5.74. The number of nitrogen functional groups attached to an aromatic ring is 1. The SMILES string of the molecule is NNC(CCc1cccs1)c1cc(Br)ccc1N. The zero-order chi connectivity index (χ0) is 13.0. The van der Waals surface area contributed by atoms with Crippen LogP contribution in [0.2, 0.25) is 0 Å². The number of benzene rings is 1. The molecule has 0 amide bonds. The smallest absolute Gasteiger partial charge is 0.0484 e. The van der Waals surface area contributed by atoms with Crippen molar-refractivity contribution >= 4 is 33.0 Å². The Bertz CT molecular complexity index is 499. The molecular formula is C13H16BrN3S. The predicted octanol–water partition coefficient (Wildman–Crippen LogP) is 3.23. The van der Waals surface area contributed by atoms with Gasteiger partial charge in [-0.2, -0.15) is 0 Å². The molecule has 1 atom stereocenters. The highest BCUT2D eigenvalue weighted by Crippen LogP contribution is 2.27. The van der Waals surface area contributed by atoms with E-state index in [1.807, 2.05) is 18.2 Å². The molecule has 1 heterocycles. The second-order valence-corrected chi connectivity index (χ2v) is 6.06. The van der Waals surface area contributed by atoms with E-state index in [4.69, 9.17) is 11.6 Å². The second-order valence-electron chi connectivity index (χ2n) is 4.11. The van der Waals surface area contributed by atoms with Crippen molar-refractivity contribution in [2.75, 3.05) is 5.73 Å². The van der Waals surface area contributed by atoms with Gasteiger partial charge in [0.2, 0.25) is 0 Å². The Kier molecular flexibility index (Phi) is 4.77. The van der Waals surface area contributed by atoms with Crippen LogP contribution in [-0.4, -0.2) is 0 Å². The summed E-state index contributed by atoms with van der Waals surface area (Å²) in [6.45, 7) is 0. The fraction of sp³-hybridized carbons (Fsp3) is 0.231. The van der Waals surface area contributed by atoms with E-state index in [2.05, 4.69) is 38.9 Å². The van der Waals surface area contributed by atoms with Gasteiger partial charge >= 0.3 is 0 Å². The molecule has 0 bridgehead atoms. The molecule has 0 aliphatic rings. The minimum Gasteiger partial charge on any atom is -0.398 e. The van der Waals surface area contributed by atoms with Gasteiger partial charge in [0.25, 0.3) is 0 Å². The van der Waals surface area contributed by atoms with Crippen molar-refractivity contribution in [3.8, 4) is 0 Å². The summed E-state index contributed by atoms with van der Waals surface area (Å²) in [6, 6.07) is 10.1. The lowest BCUT2D eigenvalue weighted by Gasteiger charge is -2.18. The lowest BCUT2D eigenvalue weighted by molar-refractivity contribution is 0.519. The molecule has 0 saturated heterocycles. The summed E-state index contributed by atoms with van der Waals surface area (Å²) in [4.78, 5) is 1.36. The van der Waals surface area contributed by atoms with Crippen LogP contribution >= 0.6 is 27.3 Å². The molecule has 96 valence electrons. The normalized spacial score (nSPS) is 12.6. The van der Waals surface area contributed by atoms with E-state index in [-0.39, 0.29) is 6.04 Å². The summed E-state index contributed by atoms with van der Waals surface area (Å²) in [6.07, 6.45) is 1.93. The molecule has 1 aromatic heterocycles. The minimum atomic E-state index is 0.0737. The third kappa shape index (κ3) is 3.32. The van der Waals surface area contributed by atoms with Crippen LogP contribution in [0.1, 0.15) is 22.9 Å². The van der Waals surface area contributed by atoms with Gasteiger partial charge < -0.3 is 5.73 Å². The monoisotopic (exact) mass is 325 g/mol. The first kappa shape index (κ1) is 13.5. The van der Waals surface area contributed by atoms with Gasteiger partial charge in [-0.15, -0.1) is 11.3 Å². The lowest BCUT2D eigenvalue weighted by Crippen LogP contribution is -2.29. The van der Waals surface area contributed by atoms with Crippen LogP contribution in [0.3, 0.4) is 0 Å². The van der Waals surface area contributed by atoms with Crippen molar-refractivity contribution in [3.05, 3.63) is 50.6 Å². The third-order valence-corrected chi connectivity index (χ3v) is 4.31. The van der Waals surface area contributed by atoms with Gasteiger partial charge in [0.1, 0.15) is 0 Å². The van der Waals surface area contributed by atoms with E-state index in [1.54, 1.807) is 11.3 Å². The average molecular weight is 326 g/mol. The molecule has 1 aromatic carbocycles. The van der Waals surface area contributed by atoms with Crippen molar-refractivity contribution in [3.63, 3.8) is 0 Å². The number of nitrogens with two attached hydrogens (primary N) is 2. The van der Waals surface area contributed by atoms with Gasteiger partial charge in [-0.25, -0.2) is 0 Å². The number of thiophene rings is 1. The molecule has 5 heteroatoms. The minimum absolute atomic E-state index is 0.0737. The maximum absolute atomic E-state index is 6.00. The van der Waals surface area contributed by atoms with Gasteiger partial charge in [0.15, 0.2) is 0 Å². The van der Waals surface area contributed by atoms with Gasteiger partial charge in [0.05, 0.1) is 0 Å². The predicted molar refractivity (Wildman–Crippen MR) is 81.3 cm³/mol. The van der Waals surface area contributed by atoms with E-state index in [0.717, 1.165) is 28.6 Å². The number of anilines is 1. The Hall–Kier alpha value is -0.880. The molecule has 0 aliphatic heterocycles. The molecule has 0 fully saturated rings. The highest BCUT2D eigenvalue weighted by atomic mass is 79.9.